The molecule has 0 radical (unpaired) electrons. The Balaban J connectivity index is 1.95. The van der Waals surface area contributed by atoms with Crippen LogP contribution < -0.4 is 5.63 Å². The molecule has 5 heteroatoms. The van der Waals surface area contributed by atoms with Gasteiger partial charge in [0, 0.05) is 0 Å². The Labute approximate surface area is 149 Å². The lowest BCUT2D eigenvalue weighted by atomic mass is 10.0. The third-order valence-electron chi connectivity index (χ3n) is 4.58. The number of fused-ring (bicyclic) bond motifs is 3. The Hall–Kier alpha value is -3.47. The number of rotatable bonds is 2. The number of aromatic hydroxyl groups is 1. The minimum atomic E-state index is -0.723. The van der Waals surface area contributed by atoms with E-state index in [0.29, 0.717) is 16.7 Å². The van der Waals surface area contributed by atoms with Crippen molar-refractivity contribution in [1.29, 1.82) is 0 Å². The van der Waals surface area contributed by atoms with Crippen LogP contribution in [0.3, 0.4) is 0 Å². The molecule has 26 heavy (non-hydrogen) atoms. The topological polar surface area (TPSA) is 75.2 Å². The average molecular weight is 344 g/mol. The molecule has 0 bridgehead atoms. The van der Waals surface area contributed by atoms with Gasteiger partial charge >= 0.3 is 5.63 Å². The van der Waals surface area contributed by atoms with Crippen LogP contribution in [-0.4, -0.2) is 5.11 Å². The lowest BCUT2D eigenvalue weighted by Crippen LogP contribution is -1.98. The summed E-state index contributed by atoms with van der Waals surface area (Å²) < 4.78 is 5.35. The lowest BCUT2D eigenvalue weighted by molar-refractivity contribution is 0.470. The third-order valence-corrected chi connectivity index (χ3v) is 4.58. The first-order chi connectivity index (χ1) is 12.6. The standard InChI is InChI=1S/C21H16N2O3/c1-12-6-5-9-16(13(12)2)22-23-19-20(24)18-15-8-4-3-7-14(15)10-11-17(18)26-21(19)25/h3-11,24H,1-2H3. The van der Waals surface area contributed by atoms with E-state index in [1.165, 1.54) is 0 Å². The minimum absolute atomic E-state index is 0.199. The zero-order valence-electron chi connectivity index (χ0n) is 14.4. The van der Waals surface area contributed by atoms with E-state index in [9.17, 15) is 9.90 Å². The summed E-state index contributed by atoms with van der Waals surface area (Å²) in [6.45, 7) is 3.91. The van der Waals surface area contributed by atoms with Crippen LogP contribution in [0.5, 0.6) is 5.75 Å². The van der Waals surface area contributed by atoms with Gasteiger partial charge in [-0.3, -0.25) is 0 Å². The highest BCUT2D eigenvalue weighted by Gasteiger charge is 2.16. The summed E-state index contributed by atoms with van der Waals surface area (Å²) in [6, 6.07) is 16.7. The van der Waals surface area contributed by atoms with Crippen LogP contribution in [0.15, 0.2) is 74.0 Å². The fourth-order valence-electron chi connectivity index (χ4n) is 2.98. The van der Waals surface area contributed by atoms with Gasteiger partial charge in [-0.05, 0) is 47.9 Å². The van der Waals surface area contributed by atoms with Crippen LogP contribution in [0, 0.1) is 13.8 Å². The quantitative estimate of drug-likeness (QED) is 0.288. The fraction of sp³-hybridized carbons (Fsp3) is 0.0952. The van der Waals surface area contributed by atoms with Crippen molar-refractivity contribution < 1.29 is 9.52 Å². The Morgan fingerprint density at radius 1 is 0.923 bits per heavy atom. The molecule has 0 fully saturated rings. The molecule has 1 N–H and O–H groups in total. The second-order valence-corrected chi connectivity index (χ2v) is 6.17. The molecule has 5 nitrogen and oxygen atoms in total. The van der Waals surface area contributed by atoms with Crippen molar-refractivity contribution in [3.63, 3.8) is 0 Å². The summed E-state index contributed by atoms with van der Waals surface area (Å²) >= 11 is 0. The average Bonchev–Trinajstić information content (AvgIpc) is 2.64. The molecular formula is C21H16N2O3. The number of benzene rings is 3. The van der Waals surface area contributed by atoms with Gasteiger partial charge in [0.05, 0.1) is 11.1 Å². The lowest BCUT2D eigenvalue weighted by Gasteiger charge is -2.06. The van der Waals surface area contributed by atoms with Gasteiger partial charge in [-0.1, -0.05) is 42.5 Å². The van der Waals surface area contributed by atoms with Crippen LogP contribution in [0.4, 0.5) is 11.4 Å². The number of aryl methyl sites for hydroxylation is 1. The number of nitrogens with zero attached hydrogens (tertiary/aromatic N) is 2. The van der Waals surface area contributed by atoms with Gasteiger partial charge in [0.2, 0.25) is 5.69 Å². The predicted octanol–water partition coefficient (Wildman–Crippen LogP) is 5.68. The normalized spacial score (nSPS) is 11.6. The maximum Gasteiger partial charge on any atom is 0.368 e. The summed E-state index contributed by atoms with van der Waals surface area (Å²) in [5.41, 5.74) is 2.07. The molecule has 0 unspecified atom stereocenters. The largest absolute Gasteiger partial charge is 0.505 e. The molecule has 1 heterocycles. The van der Waals surface area contributed by atoms with Crippen molar-refractivity contribution in [2.75, 3.05) is 0 Å². The van der Waals surface area contributed by atoms with E-state index < -0.39 is 5.63 Å². The summed E-state index contributed by atoms with van der Waals surface area (Å²) in [5, 5.41) is 21.0. The number of azo groups is 1. The fourth-order valence-corrected chi connectivity index (χ4v) is 2.98. The van der Waals surface area contributed by atoms with Crippen LogP contribution in [-0.2, 0) is 0 Å². The van der Waals surface area contributed by atoms with Crippen molar-refractivity contribution in [1.82, 2.24) is 0 Å². The van der Waals surface area contributed by atoms with E-state index in [-0.39, 0.29) is 11.4 Å². The Bertz CT molecular complexity index is 1240. The molecule has 4 aromatic rings. The van der Waals surface area contributed by atoms with Gasteiger partial charge in [0.25, 0.3) is 0 Å². The maximum absolute atomic E-state index is 12.3. The monoisotopic (exact) mass is 344 g/mol. The third kappa shape index (κ3) is 2.54. The minimum Gasteiger partial charge on any atom is -0.505 e. The molecule has 4 rings (SSSR count). The first kappa shape index (κ1) is 16.0. The number of hydrogen-bond acceptors (Lipinski definition) is 5. The Kier molecular flexibility index (Phi) is 3.77. The van der Waals surface area contributed by atoms with Crippen molar-refractivity contribution in [2.45, 2.75) is 13.8 Å². The van der Waals surface area contributed by atoms with E-state index in [2.05, 4.69) is 10.2 Å². The van der Waals surface area contributed by atoms with Crippen LogP contribution in [0.2, 0.25) is 0 Å². The molecule has 0 aliphatic carbocycles. The van der Waals surface area contributed by atoms with E-state index in [1.54, 1.807) is 12.1 Å². The highest BCUT2D eigenvalue weighted by atomic mass is 16.4. The molecule has 3 aromatic carbocycles. The van der Waals surface area contributed by atoms with Gasteiger partial charge in [-0.2, -0.15) is 0 Å². The van der Waals surface area contributed by atoms with Crippen molar-refractivity contribution in [3.05, 3.63) is 76.1 Å². The van der Waals surface area contributed by atoms with Crippen LogP contribution in [0.1, 0.15) is 11.1 Å². The Morgan fingerprint density at radius 2 is 1.73 bits per heavy atom. The highest BCUT2D eigenvalue weighted by Crippen LogP contribution is 2.37. The molecule has 0 spiro atoms. The summed E-state index contributed by atoms with van der Waals surface area (Å²) in [5.74, 6) is -0.220. The molecule has 0 amide bonds. The van der Waals surface area contributed by atoms with Crippen LogP contribution in [0.25, 0.3) is 21.7 Å². The molecule has 128 valence electrons. The molecule has 0 atom stereocenters. The zero-order chi connectivity index (χ0) is 18.3. The predicted molar refractivity (Wildman–Crippen MR) is 102 cm³/mol. The van der Waals surface area contributed by atoms with E-state index in [1.807, 2.05) is 56.3 Å². The second kappa shape index (κ2) is 6.11. The second-order valence-electron chi connectivity index (χ2n) is 6.17. The molecular weight excluding hydrogens is 328 g/mol. The van der Waals surface area contributed by atoms with Crippen molar-refractivity contribution in [3.8, 4) is 5.75 Å². The zero-order valence-corrected chi connectivity index (χ0v) is 14.4. The summed E-state index contributed by atoms with van der Waals surface area (Å²) in [7, 11) is 0. The first-order valence-corrected chi connectivity index (χ1v) is 8.22. The molecule has 0 aliphatic heterocycles. The van der Waals surface area contributed by atoms with E-state index >= 15 is 0 Å². The Morgan fingerprint density at radius 3 is 2.58 bits per heavy atom. The SMILES string of the molecule is Cc1cccc(N=Nc2c(O)c3c(ccc4ccccc43)oc2=O)c1C. The smallest absolute Gasteiger partial charge is 0.368 e. The maximum atomic E-state index is 12.3. The van der Waals surface area contributed by atoms with E-state index in [4.69, 9.17) is 4.42 Å². The van der Waals surface area contributed by atoms with Crippen molar-refractivity contribution >= 4 is 33.1 Å². The van der Waals surface area contributed by atoms with E-state index in [0.717, 1.165) is 21.9 Å². The molecule has 0 saturated heterocycles. The van der Waals surface area contributed by atoms with Gasteiger partial charge in [0.1, 0.15) is 5.58 Å². The summed E-state index contributed by atoms with van der Waals surface area (Å²) in [6.07, 6.45) is 0. The van der Waals surface area contributed by atoms with Gasteiger partial charge in [-0.25, -0.2) is 4.79 Å². The molecule has 0 saturated carbocycles. The molecule has 1 aromatic heterocycles. The van der Waals surface area contributed by atoms with Crippen molar-refractivity contribution in [2.24, 2.45) is 10.2 Å². The first-order valence-electron chi connectivity index (χ1n) is 8.22. The number of hydrogen-bond donors (Lipinski definition) is 1. The van der Waals surface area contributed by atoms with Crippen LogP contribution >= 0.6 is 0 Å². The van der Waals surface area contributed by atoms with Gasteiger partial charge < -0.3 is 9.52 Å². The van der Waals surface area contributed by atoms with Gasteiger partial charge in [0.15, 0.2) is 5.75 Å². The molecule has 0 aliphatic rings. The highest BCUT2D eigenvalue weighted by molar-refractivity contribution is 6.09. The van der Waals surface area contributed by atoms with Gasteiger partial charge in [-0.15, -0.1) is 10.2 Å². The summed E-state index contributed by atoms with van der Waals surface area (Å²) in [4.78, 5) is 12.3.